The third kappa shape index (κ3) is 2.99. The van der Waals surface area contributed by atoms with Crippen LogP contribution in [0.4, 0.5) is 0 Å². The SMILES string of the molecule is C#CCNC(=O)Cc1cc(C)on1. The van der Waals surface area contributed by atoms with Crippen LogP contribution in [0.5, 0.6) is 0 Å². The largest absolute Gasteiger partial charge is 0.361 e. The molecule has 0 aliphatic carbocycles. The van der Waals surface area contributed by atoms with Gasteiger partial charge in [-0.15, -0.1) is 6.42 Å². The van der Waals surface area contributed by atoms with Gasteiger partial charge in [0.2, 0.25) is 5.91 Å². The number of aryl methyl sites for hydroxylation is 1. The molecule has 1 rings (SSSR count). The minimum absolute atomic E-state index is 0.147. The summed E-state index contributed by atoms with van der Waals surface area (Å²) in [7, 11) is 0. The maximum absolute atomic E-state index is 11.1. The van der Waals surface area contributed by atoms with Gasteiger partial charge in [-0.1, -0.05) is 11.1 Å². The fourth-order valence-electron chi connectivity index (χ4n) is 0.878. The van der Waals surface area contributed by atoms with E-state index in [1.54, 1.807) is 13.0 Å². The summed E-state index contributed by atoms with van der Waals surface area (Å²) in [5.41, 5.74) is 0.618. The van der Waals surface area contributed by atoms with Crippen molar-refractivity contribution in [3.8, 4) is 12.3 Å². The summed E-state index contributed by atoms with van der Waals surface area (Å²) < 4.78 is 4.80. The van der Waals surface area contributed by atoms with Crippen LogP contribution in [0, 0.1) is 19.3 Å². The van der Waals surface area contributed by atoms with Crippen molar-refractivity contribution in [2.75, 3.05) is 6.54 Å². The summed E-state index contributed by atoms with van der Waals surface area (Å²) in [6.45, 7) is 2.02. The first-order valence-corrected chi connectivity index (χ1v) is 3.84. The lowest BCUT2D eigenvalue weighted by atomic mass is 10.3. The second kappa shape index (κ2) is 4.31. The van der Waals surface area contributed by atoms with Gasteiger partial charge in [0.05, 0.1) is 18.7 Å². The van der Waals surface area contributed by atoms with E-state index in [4.69, 9.17) is 10.9 Å². The molecule has 0 fully saturated rings. The number of hydrogen-bond acceptors (Lipinski definition) is 3. The van der Waals surface area contributed by atoms with E-state index in [1.165, 1.54) is 0 Å². The number of nitrogens with zero attached hydrogens (tertiary/aromatic N) is 1. The summed E-state index contributed by atoms with van der Waals surface area (Å²) in [5, 5.41) is 6.21. The van der Waals surface area contributed by atoms with Gasteiger partial charge in [-0.25, -0.2) is 0 Å². The van der Waals surface area contributed by atoms with Crippen LogP contribution in [-0.4, -0.2) is 17.6 Å². The molecule has 0 spiro atoms. The molecule has 13 heavy (non-hydrogen) atoms. The lowest BCUT2D eigenvalue weighted by Crippen LogP contribution is -2.25. The molecule has 0 aromatic carbocycles. The first kappa shape index (κ1) is 9.33. The Labute approximate surface area is 76.3 Å². The van der Waals surface area contributed by atoms with E-state index in [0.29, 0.717) is 11.5 Å². The smallest absolute Gasteiger partial charge is 0.226 e. The summed E-state index contributed by atoms with van der Waals surface area (Å²) in [6, 6.07) is 1.72. The molecule has 0 aliphatic heterocycles. The van der Waals surface area contributed by atoms with E-state index >= 15 is 0 Å². The highest BCUT2D eigenvalue weighted by Gasteiger charge is 2.05. The number of carbonyl (C=O) groups is 1. The molecule has 0 unspecified atom stereocenters. The minimum Gasteiger partial charge on any atom is -0.361 e. The van der Waals surface area contributed by atoms with Crippen molar-refractivity contribution in [3.63, 3.8) is 0 Å². The Morgan fingerprint density at radius 1 is 1.85 bits per heavy atom. The van der Waals surface area contributed by atoms with Crippen LogP contribution in [-0.2, 0) is 11.2 Å². The minimum atomic E-state index is -0.147. The molecule has 4 nitrogen and oxygen atoms in total. The van der Waals surface area contributed by atoms with E-state index in [2.05, 4.69) is 16.4 Å². The third-order valence-electron chi connectivity index (χ3n) is 1.41. The van der Waals surface area contributed by atoms with Gasteiger partial charge in [0.25, 0.3) is 0 Å². The van der Waals surface area contributed by atoms with Gasteiger partial charge >= 0.3 is 0 Å². The zero-order chi connectivity index (χ0) is 9.68. The Kier molecular flexibility index (Phi) is 3.09. The Morgan fingerprint density at radius 2 is 2.62 bits per heavy atom. The molecular weight excluding hydrogens is 168 g/mol. The molecule has 0 radical (unpaired) electrons. The number of carbonyl (C=O) groups excluding carboxylic acids is 1. The Hall–Kier alpha value is -1.76. The summed E-state index contributed by atoms with van der Waals surface area (Å²) in [6.07, 6.45) is 5.18. The topological polar surface area (TPSA) is 55.1 Å². The van der Waals surface area contributed by atoms with Crippen LogP contribution in [0.2, 0.25) is 0 Å². The number of hydrogen-bond donors (Lipinski definition) is 1. The zero-order valence-corrected chi connectivity index (χ0v) is 7.33. The van der Waals surface area contributed by atoms with E-state index in [0.717, 1.165) is 0 Å². The van der Waals surface area contributed by atoms with Crippen LogP contribution >= 0.6 is 0 Å². The molecule has 1 heterocycles. The first-order chi connectivity index (χ1) is 6.22. The van der Waals surface area contributed by atoms with Crippen LogP contribution in [0.25, 0.3) is 0 Å². The summed E-state index contributed by atoms with van der Waals surface area (Å²) >= 11 is 0. The third-order valence-corrected chi connectivity index (χ3v) is 1.41. The first-order valence-electron chi connectivity index (χ1n) is 3.84. The predicted octanol–water partition coefficient (Wildman–Crippen LogP) is 0.275. The normalized spacial score (nSPS) is 9.23. The molecule has 0 atom stereocenters. The van der Waals surface area contributed by atoms with Gasteiger partial charge in [-0.2, -0.15) is 0 Å². The Morgan fingerprint density at radius 3 is 3.15 bits per heavy atom. The molecule has 0 saturated heterocycles. The highest BCUT2D eigenvalue weighted by atomic mass is 16.5. The van der Waals surface area contributed by atoms with Crippen molar-refractivity contribution < 1.29 is 9.32 Å². The quantitative estimate of drug-likeness (QED) is 0.676. The van der Waals surface area contributed by atoms with Crippen LogP contribution in [0.3, 0.4) is 0 Å². The number of nitrogens with one attached hydrogen (secondary N) is 1. The van der Waals surface area contributed by atoms with Gasteiger partial charge in [-0.05, 0) is 6.92 Å². The monoisotopic (exact) mass is 178 g/mol. The predicted molar refractivity (Wildman–Crippen MR) is 46.8 cm³/mol. The van der Waals surface area contributed by atoms with E-state index in [9.17, 15) is 4.79 Å². The Balaban J connectivity index is 2.41. The lowest BCUT2D eigenvalue weighted by Gasteiger charge is -1.96. The van der Waals surface area contributed by atoms with E-state index in [-0.39, 0.29) is 18.9 Å². The highest BCUT2D eigenvalue weighted by molar-refractivity contribution is 5.78. The Bertz CT molecular complexity index is 336. The number of terminal acetylenes is 1. The maximum Gasteiger partial charge on any atom is 0.226 e. The zero-order valence-electron chi connectivity index (χ0n) is 7.33. The molecule has 1 aromatic rings. The van der Waals surface area contributed by atoms with Crippen LogP contribution < -0.4 is 5.32 Å². The van der Waals surface area contributed by atoms with Crippen molar-refractivity contribution in [1.82, 2.24) is 10.5 Å². The molecule has 0 bridgehead atoms. The van der Waals surface area contributed by atoms with Crippen molar-refractivity contribution in [1.29, 1.82) is 0 Å². The number of amides is 1. The van der Waals surface area contributed by atoms with Crippen molar-refractivity contribution >= 4 is 5.91 Å². The van der Waals surface area contributed by atoms with E-state index < -0.39 is 0 Å². The molecule has 1 N–H and O–H groups in total. The molecule has 0 aliphatic rings. The van der Waals surface area contributed by atoms with Gasteiger partial charge in [0.15, 0.2) is 0 Å². The second-order valence-corrected chi connectivity index (χ2v) is 2.59. The second-order valence-electron chi connectivity index (χ2n) is 2.59. The van der Waals surface area contributed by atoms with Gasteiger partial charge in [0.1, 0.15) is 5.76 Å². The van der Waals surface area contributed by atoms with Gasteiger partial charge < -0.3 is 9.84 Å². The maximum atomic E-state index is 11.1. The van der Waals surface area contributed by atoms with Crippen LogP contribution in [0.1, 0.15) is 11.5 Å². The molecule has 1 aromatic heterocycles. The van der Waals surface area contributed by atoms with Gasteiger partial charge in [-0.3, -0.25) is 4.79 Å². The number of aromatic nitrogens is 1. The highest BCUT2D eigenvalue weighted by Crippen LogP contribution is 2.01. The standard InChI is InChI=1S/C9H10N2O2/c1-3-4-10-9(12)6-8-5-7(2)13-11-8/h1,5H,4,6H2,2H3,(H,10,12). The molecule has 68 valence electrons. The molecule has 0 saturated carbocycles. The van der Waals surface area contributed by atoms with Crippen molar-refractivity contribution in [3.05, 3.63) is 17.5 Å². The fraction of sp³-hybridized carbons (Fsp3) is 0.333. The van der Waals surface area contributed by atoms with Crippen molar-refractivity contribution in [2.24, 2.45) is 0 Å². The number of rotatable bonds is 3. The molecule has 1 amide bonds. The fourth-order valence-corrected chi connectivity index (χ4v) is 0.878. The summed E-state index contributed by atoms with van der Waals surface area (Å²) in [5.74, 6) is 2.86. The lowest BCUT2D eigenvalue weighted by molar-refractivity contribution is -0.120. The molecule has 4 heteroatoms. The summed E-state index contributed by atoms with van der Waals surface area (Å²) in [4.78, 5) is 11.1. The van der Waals surface area contributed by atoms with Crippen LogP contribution in [0.15, 0.2) is 10.6 Å². The van der Waals surface area contributed by atoms with Crippen molar-refractivity contribution in [2.45, 2.75) is 13.3 Å². The van der Waals surface area contributed by atoms with Gasteiger partial charge in [0, 0.05) is 6.07 Å². The average molecular weight is 178 g/mol. The average Bonchev–Trinajstić information content (AvgIpc) is 2.48. The van der Waals surface area contributed by atoms with E-state index in [1.807, 2.05) is 0 Å². The molecular formula is C9H10N2O2.